The first-order valence-electron chi connectivity index (χ1n) is 19.8. The van der Waals surface area contributed by atoms with E-state index in [1.54, 1.807) is 36.4 Å². The predicted molar refractivity (Wildman–Crippen MR) is 183 cm³/mol. The maximum absolute atomic E-state index is 9.41. The van der Waals surface area contributed by atoms with E-state index in [9.17, 15) is 11.0 Å². The van der Waals surface area contributed by atoms with Gasteiger partial charge in [-0.1, -0.05) is 145 Å². The molecular weight excluding hydrogens is 520 g/mol. The van der Waals surface area contributed by atoms with E-state index in [2.05, 4.69) is 0 Å². The number of benzene rings is 8. The molecule has 0 spiro atoms. The molecule has 0 radical (unpaired) electrons. The van der Waals surface area contributed by atoms with Crippen LogP contribution in [0.4, 0.5) is 0 Å². The van der Waals surface area contributed by atoms with Crippen LogP contribution < -0.4 is 0 Å². The van der Waals surface area contributed by atoms with Gasteiger partial charge in [0.15, 0.2) is 0 Å². The lowest BCUT2D eigenvalue weighted by Gasteiger charge is -2.18. The minimum Gasteiger partial charge on any atom is -0.455 e. The summed E-state index contributed by atoms with van der Waals surface area (Å²) in [6, 6.07) is 18.7. The maximum Gasteiger partial charge on any atom is 0.143 e. The van der Waals surface area contributed by atoms with E-state index >= 15 is 0 Å². The van der Waals surface area contributed by atoms with Crippen LogP contribution in [0.25, 0.3) is 87.6 Å². The van der Waals surface area contributed by atoms with Crippen LogP contribution in [0.3, 0.4) is 0 Å². The molecule has 43 heavy (non-hydrogen) atoms. The van der Waals surface area contributed by atoms with Crippen molar-refractivity contribution in [2.75, 3.05) is 0 Å². The van der Waals surface area contributed by atoms with Crippen LogP contribution in [-0.4, -0.2) is 0 Å². The lowest BCUT2D eigenvalue weighted by molar-refractivity contribution is 0.670. The topological polar surface area (TPSA) is 13.1 Å². The average molecular weight is 559 g/mol. The maximum atomic E-state index is 9.41. The van der Waals surface area contributed by atoms with Crippen LogP contribution in [0.5, 0.6) is 0 Å². The largest absolute Gasteiger partial charge is 0.455 e. The van der Waals surface area contributed by atoms with Crippen LogP contribution in [0.2, 0.25) is 0 Å². The number of hydrogen-bond donors (Lipinski definition) is 0. The number of rotatable bonds is 3. The molecular formula is C42H26O. The summed E-state index contributed by atoms with van der Waals surface area (Å²) in [4.78, 5) is 0. The Morgan fingerprint density at radius 1 is 0.419 bits per heavy atom. The van der Waals surface area contributed by atoms with Crippen molar-refractivity contribution in [1.29, 1.82) is 0 Å². The third kappa shape index (κ3) is 3.72. The van der Waals surface area contributed by atoms with E-state index in [0.29, 0.717) is 27.7 Å². The zero-order chi connectivity index (χ0) is 38.8. The molecule has 0 saturated heterocycles. The summed E-state index contributed by atoms with van der Waals surface area (Å²) < 4.78 is 116. The summed E-state index contributed by atoms with van der Waals surface area (Å²) in [5, 5.41) is 2.49. The van der Waals surface area contributed by atoms with Gasteiger partial charge in [-0.25, -0.2) is 0 Å². The lowest BCUT2D eigenvalue weighted by atomic mass is 9.85. The Morgan fingerprint density at radius 3 is 1.77 bits per heavy atom. The van der Waals surface area contributed by atoms with Crippen molar-refractivity contribution in [2.24, 2.45) is 0 Å². The second kappa shape index (κ2) is 9.44. The van der Waals surface area contributed by atoms with Gasteiger partial charge in [-0.15, -0.1) is 0 Å². The van der Waals surface area contributed by atoms with Gasteiger partial charge < -0.3 is 4.42 Å². The first-order chi connectivity index (χ1) is 26.3. The first-order valence-corrected chi connectivity index (χ1v) is 13.8. The molecule has 0 aliphatic heterocycles. The summed E-state index contributed by atoms with van der Waals surface area (Å²) in [5.41, 5.74) is 1.03. The summed E-state index contributed by atoms with van der Waals surface area (Å²) in [6.07, 6.45) is 0. The fraction of sp³-hybridized carbons (Fsp3) is 0. The Kier molecular flexibility index (Phi) is 3.29. The number of furan rings is 1. The van der Waals surface area contributed by atoms with Gasteiger partial charge in [0.25, 0.3) is 0 Å². The molecule has 0 aliphatic rings. The molecule has 1 nitrogen and oxygen atoms in total. The van der Waals surface area contributed by atoms with Crippen molar-refractivity contribution < 1.29 is 20.9 Å². The number of fused-ring (bicyclic) bond motifs is 6. The summed E-state index contributed by atoms with van der Waals surface area (Å²) in [6.45, 7) is 0. The molecule has 0 fully saturated rings. The smallest absolute Gasteiger partial charge is 0.143 e. The quantitative estimate of drug-likeness (QED) is 0.197. The van der Waals surface area contributed by atoms with Gasteiger partial charge in [-0.05, 0) is 66.7 Å². The Labute approximate surface area is 266 Å². The number of hydrogen-bond acceptors (Lipinski definition) is 1. The highest BCUT2D eigenvalue weighted by atomic mass is 16.3. The molecule has 0 bridgehead atoms. The lowest BCUT2D eigenvalue weighted by Crippen LogP contribution is -1.91. The molecule has 0 N–H and O–H groups in total. The molecule has 1 aromatic heterocycles. The molecule has 9 aromatic rings. The summed E-state index contributed by atoms with van der Waals surface area (Å²) in [5.74, 6) is 0. The van der Waals surface area contributed by atoms with Gasteiger partial charge in [0.2, 0.25) is 0 Å². The predicted octanol–water partition coefficient (Wildman–Crippen LogP) is 12.0. The minimum atomic E-state index is -0.644. The van der Waals surface area contributed by atoms with Crippen LogP contribution in [0.15, 0.2) is 162 Å². The fourth-order valence-electron chi connectivity index (χ4n) is 6.02. The van der Waals surface area contributed by atoms with E-state index in [-0.39, 0.29) is 43.8 Å². The molecule has 1 heteroatoms. The molecule has 0 amide bonds. The average Bonchev–Trinajstić information content (AvgIpc) is 3.58. The van der Waals surface area contributed by atoms with Crippen LogP contribution in [0.1, 0.15) is 16.4 Å². The molecule has 0 aliphatic carbocycles. The fourth-order valence-corrected chi connectivity index (χ4v) is 6.02. The minimum absolute atomic E-state index is 0.00935. The summed E-state index contributed by atoms with van der Waals surface area (Å²) >= 11 is 0. The second-order valence-corrected chi connectivity index (χ2v) is 10.3. The SMILES string of the molecule is [2H]c1c([2H])c(-c2c3c([2H])c([2H])c([2H])c([2H])c3c(-c3cccc4c3oc3ccccc34)c3c([2H])c([2H])c([2H])c([2H])c23)c([2H])c([2H])c1-c1ccc2ccccc2c1. The highest BCUT2D eigenvalue weighted by Gasteiger charge is 2.20. The third-order valence-corrected chi connectivity index (χ3v) is 7.96. The second-order valence-electron chi connectivity index (χ2n) is 10.3. The van der Waals surface area contributed by atoms with Gasteiger partial charge in [-0.2, -0.15) is 0 Å². The Bertz CT molecular complexity index is 3080. The van der Waals surface area contributed by atoms with Crippen molar-refractivity contribution in [3.8, 4) is 33.4 Å². The van der Waals surface area contributed by atoms with Crippen LogP contribution in [-0.2, 0) is 0 Å². The highest BCUT2D eigenvalue weighted by Crippen LogP contribution is 2.46. The zero-order valence-electron chi connectivity index (χ0n) is 34.5. The van der Waals surface area contributed by atoms with Gasteiger partial charge in [0, 0.05) is 21.9 Å². The van der Waals surface area contributed by atoms with Gasteiger partial charge >= 0.3 is 0 Å². The molecule has 0 saturated carbocycles. The monoisotopic (exact) mass is 558 g/mol. The Hall–Kier alpha value is -5.66. The van der Waals surface area contributed by atoms with Crippen molar-refractivity contribution >= 4 is 54.3 Å². The van der Waals surface area contributed by atoms with E-state index in [1.165, 1.54) is 0 Å². The van der Waals surface area contributed by atoms with Crippen molar-refractivity contribution in [3.63, 3.8) is 0 Å². The molecule has 200 valence electrons. The molecule has 9 rings (SSSR count). The van der Waals surface area contributed by atoms with Crippen molar-refractivity contribution in [2.45, 2.75) is 0 Å². The molecule has 8 aromatic carbocycles. The van der Waals surface area contributed by atoms with E-state index in [1.807, 2.05) is 48.5 Å². The normalized spacial score (nSPS) is 15.6. The van der Waals surface area contributed by atoms with E-state index in [0.717, 1.165) is 16.2 Å². The van der Waals surface area contributed by atoms with Gasteiger partial charge in [-0.3, -0.25) is 0 Å². The van der Waals surface area contributed by atoms with Crippen LogP contribution in [0, 0.1) is 0 Å². The Balaban J connectivity index is 1.52. The van der Waals surface area contributed by atoms with Gasteiger partial charge in [0.1, 0.15) is 11.2 Å². The van der Waals surface area contributed by atoms with E-state index < -0.39 is 72.5 Å². The van der Waals surface area contributed by atoms with E-state index in [4.69, 9.17) is 9.90 Å². The van der Waals surface area contributed by atoms with Gasteiger partial charge in [0.05, 0.1) is 16.4 Å². The zero-order valence-corrected chi connectivity index (χ0v) is 22.5. The van der Waals surface area contributed by atoms with Crippen LogP contribution >= 0.6 is 0 Å². The number of para-hydroxylation sites is 2. The highest BCUT2D eigenvalue weighted by molar-refractivity contribution is 6.24. The molecule has 0 unspecified atom stereocenters. The first kappa shape index (κ1) is 15.0. The van der Waals surface area contributed by atoms with Crippen molar-refractivity contribution in [1.82, 2.24) is 0 Å². The summed E-state index contributed by atoms with van der Waals surface area (Å²) in [7, 11) is 0. The Morgan fingerprint density at radius 2 is 1.02 bits per heavy atom. The standard InChI is InChI=1S/C42H26O/c1-2-11-30-26-31(25-22-27(30)10-1)28-20-23-29(24-21-28)40-33-13-3-5-15-35(33)41(36-16-6-4-14-34(36)40)38-18-9-17-37-32-12-7-8-19-39(32)43-42(37)38/h1-26H/i3D,4D,5D,6D,13D,14D,15D,16D,20D,21D,23D,24D. The molecule has 1 heterocycles. The molecule has 0 atom stereocenters. The van der Waals surface area contributed by atoms with Crippen molar-refractivity contribution in [3.05, 3.63) is 157 Å². The third-order valence-electron chi connectivity index (χ3n) is 7.96.